The zero-order valence-corrected chi connectivity index (χ0v) is 12.6. The maximum atomic E-state index is 12.1. The Bertz CT molecular complexity index is 499. The van der Waals surface area contributed by atoms with E-state index in [9.17, 15) is 14.9 Å². The van der Waals surface area contributed by atoms with Crippen LogP contribution in [0.4, 0.5) is 5.69 Å². The average molecular weight is 374 g/mol. The number of nitrogens with one attached hydrogen (secondary N) is 1. The number of benzene rings is 1. The van der Waals surface area contributed by atoms with Crippen LogP contribution in [0.5, 0.6) is 0 Å². The first-order valence-electron chi connectivity index (χ1n) is 6.33. The van der Waals surface area contributed by atoms with E-state index in [4.69, 9.17) is 0 Å². The van der Waals surface area contributed by atoms with Gasteiger partial charge in [-0.1, -0.05) is 19.3 Å². The van der Waals surface area contributed by atoms with Gasteiger partial charge in [0.25, 0.3) is 11.6 Å². The van der Waals surface area contributed by atoms with E-state index in [2.05, 4.69) is 5.32 Å². The van der Waals surface area contributed by atoms with E-state index >= 15 is 0 Å². The first kappa shape index (κ1) is 14.2. The Morgan fingerprint density at radius 2 is 2.00 bits per heavy atom. The number of halogens is 1. The average Bonchev–Trinajstić information content (AvgIpc) is 2.39. The molecule has 19 heavy (non-hydrogen) atoms. The van der Waals surface area contributed by atoms with Gasteiger partial charge in [-0.05, 0) is 47.6 Å². The van der Waals surface area contributed by atoms with Crippen molar-refractivity contribution in [3.8, 4) is 0 Å². The first-order valence-corrected chi connectivity index (χ1v) is 7.40. The van der Waals surface area contributed by atoms with Crippen molar-refractivity contribution in [2.24, 2.45) is 0 Å². The minimum Gasteiger partial charge on any atom is -0.349 e. The molecule has 0 bridgehead atoms. The summed E-state index contributed by atoms with van der Waals surface area (Å²) in [6, 6.07) is 4.82. The number of carbonyl (C=O) groups is 1. The van der Waals surface area contributed by atoms with Gasteiger partial charge >= 0.3 is 0 Å². The fraction of sp³-hybridized carbons (Fsp3) is 0.462. The van der Waals surface area contributed by atoms with Crippen LogP contribution in [0.3, 0.4) is 0 Å². The summed E-state index contributed by atoms with van der Waals surface area (Å²) in [5.74, 6) is -0.338. The number of hydrogen-bond donors (Lipinski definition) is 1. The highest BCUT2D eigenvalue weighted by molar-refractivity contribution is 14.1. The number of nitro groups is 1. The molecule has 1 aliphatic carbocycles. The summed E-state index contributed by atoms with van der Waals surface area (Å²) in [5, 5.41) is 13.9. The molecule has 6 heteroatoms. The predicted octanol–water partition coefficient (Wildman–Crippen LogP) is 3.26. The summed E-state index contributed by atoms with van der Waals surface area (Å²) in [7, 11) is 0. The summed E-state index contributed by atoms with van der Waals surface area (Å²) in [4.78, 5) is 22.6. The molecule has 1 N–H and O–H groups in total. The van der Waals surface area contributed by atoms with E-state index < -0.39 is 4.92 Å². The second kappa shape index (κ2) is 6.31. The van der Waals surface area contributed by atoms with Crippen molar-refractivity contribution in [2.45, 2.75) is 38.1 Å². The summed E-state index contributed by atoms with van der Waals surface area (Å²) >= 11 is 2.00. The molecular weight excluding hydrogens is 359 g/mol. The lowest BCUT2D eigenvalue weighted by Crippen LogP contribution is -2.36. The van der Waals surface area contributed by atoms with Crippen LogP contribution in [0.25, 0.3) is 0 Å². The van der Waals surface area contributed by atoms with Crippen molar-refractivity contribution in [1.29, 1.82) is 0 Å². The minimum absolute atomic E-state index is 0.125. The van der Waals surface area contributed by atoms with Crippen LogP contribution in [0.15, 0.2) is 18.2 Å². The molecule has 2 rings (SSSR count). The topological polar surface area (TPSA) is 72.2 Å². The van der Waals surface area contributed by atoms with E-state index in [1.54, 1.807) is 6.07 Å². The molecule has 0 heterocycles. The Morgan fingerprint density at radius 1 is 1.32 bits per heavy atom. The molecule has 1 aliphatic rings. The Morgan fingerprint density at radius 3 is 2.63 bits per heavy atom. The molecule has 1 aromatic rings. The van der Waals surface area contributed by atoms with E-state index in [0.717, 1.165) is 29.3 Å². The molecule has 1 amide bonds. The maximum absolute atomic E-state index is 12.1. The van der Waals surface area contributed by atoms with E-state index in [1.807, 2.05) is 22.6 Å². The Kier molecular flexibility index (Phi) is 4.73. The van der Waals surface area contributed by atoms with Crippen LogP contribution >= 0.6 is 22.6 Å². The monoisotopic (exact) mass is 374 g/mol. The van der Waals surface area contributed by atoms with Crippen molar-refractivity contribution < 1.29 is 9.72 Å². The molecule has 1 aromatic carbocycles. The molecule has 1 fully saturated rings. The SMILES string of the molecule is O=C(NC1CCCCC1)c1ccc(I)cc1[N+](=O)[O-]. The second-order valence-electron chi connectivity index (χ2n) is 4.73. The number of amides is 1. The highest BCUT2D eigenvalue weighted by Crippen LogP contribution is 2.23. The highest BCUT2D eigenvalue weighted by Gasteiger charge is 2.23. The molecule has 102 valence electrons. The summed E-state index contributed by atoms with van der Waals surface area (Å²) in [5.41, 5.74) is 0.0243. The fourth-order valence-electron chi connectivity index (χ4n) is 2.36. The van der Waals surface area contributed by atoms with Crippen molar-refractivity contribution in [1.82, 2.24) is 5.32 Å². The van der Waals surface area contributed by atoms with Crippen LogP contribution in [0, 0.1) is 13.7 Å². The van der Waals surface area contributed by atoms with E-state index in [-0.39, 0.29) is 23.2 Å². The highest BCUT2D eigenvalue weighted by atomic mass is 127. The third-order valence-corrected chi connectivity index (χ3v) is 4.01. The molecule has 1 saturated carbocycles. The zero-order valence-electron chi connectivity index (χ0n) is 10.4. The van der Waals surface area contributed by atoms with Crippen LogP contribution in [-0.2, 0) is 0 Å². The second-order valence-corrected chi connectivity index (χ2v) is 5.97. The Labute approximate surface area is 125 Å². The standard InChI is InChI=1S/C13H15IN2O3/c14-9-6-7-11(12(8-9)16(18)19)13(17)15-10-4-2-1-3-5-10/h6-8,10H,1-5H2,(H,15,17). The number of nitro benzene ring substituents is 1. The third kappa shape index (κ3) is 3.65. The zero-order chi connectivity index (χ0) is 13.8. The van der Waals surface area contributed by atoms with Gasteiger partial charge in [0.15, 0.2) is 0 Å². The smallest absolute Gasteiger partial charge is 0.283 e. The lowest BCUT2D eigenvalue weighted by atomic mass is 9.95. The van der Waals surface area contributed by atoms with Crippen molar-refractivity contribution in [2.75, 3.05) is 0 Å². The Hall–Kier alpha value is -1.18. The van der Waals surface area contributed by atoms with Crippen LogP contribution < -0.4 is 5.32 Å². The molecule has 0 atom stereocenters. The van der Waals surface area contributed by atoms with Gasteiger partial charge in [0.05, 0.1) is 4.92 Å². The fourth-order valence-corrected chi connectivity index (χ4v) is 2.83. The van der Waals surface area contributed by atoms with Gasteiger partial charge < -0.3 is 5.32 Å². The van der Waals surface area contributed by atoms with Gasteiger partial charge in [0.1, 0.15) is 5.56 Å². The molecule has 0 aromatic heterocycles. The minimum atomic E-state index is -0.502. The molecule has 0 radical (unpaired) electrons. The summed E-state index contributed by atoms with van der Waals surface area (Å²) in [6.07, 6.45) is 5.35. The van der Waals surface area contributed by atoms with Gasteiger partial charge in [-0.2, -0.15) is 0 Å². The lowest BCUT2D eigenvalue weighted by Gasteiger charge is -2.22. The van der Waals surface area contributed by atoms with Crippen molar-refractivity contribution >= 4 is 34.2 Å². The van der Waals surface area contributed by atoms with Gasteiger partial charge in [-0.25, -0.2) is 0 Å². The van der Waals surface area contributed by atoms with Crippen LogP contribution in [0.1, 0.15) is 42.5 Å². The quantitative estimate of drug-likeness (QED) is 0.502. The van der Waals surface area contributed by atoms with Gasteiger partial charge in [0.2, 0.25) is 0 Å². The number of rotatable bonds is 3. The number of nitrogens with zero attached hydrogens (tertiary/aromatic N) is 1. The van der Waals surface area contributed by atoms with E-state index in [0.29, 0.717) is 0 Å². The normalized spacial score (nSPS) is 16.1. The number of carbonyl (C=O) groups excluding carboxylic acids is 1. The van der Waals surface area contributed by atoms with Crippen molar-refractivity contribution in [3.63, 3.8) is 0 Å². The number of hydrogen-bond acceptors (Lipinski definition) is 3. The molecule has 0 spiro atoms. The largest absolute Gasteiger partial charge is 0.349 e. The van der Waals surface area contributed by atoms with Crippen LogP contribution in [0.2, 0.25) is 0 Å². The van der Waals surface area contributed by atoms with Gasteiger partial charge in [-0.15, -0.1) is 0 Å². The van der Waals surface area contributed by atoms with Gasteiger partial charge in [-0.3, -0.25) is 14.9 Å². The van der Waals surface area contributed by atoms with Crippen molar-refractivity contribution in [3.05, 3.63) is 37.4 Å². The third-order valence-electron chi connectivity index (χ3n) is 3.34. The lowest BCUT2D eigenvalue weighted by molar-refractivity contribution is -0.385. The molecule has 5 nitrogen and oxygen atoms in total. The summed E-state index contributed by atoms with van der Waals surface area (Å²) < 4.78 is 0.749. The first-order chi connectivity index (χ1) is 9.08. The van der Waals surface area contributed by atoms with E-state index in [1.165, 1.54) is 18.6 Å². The summed E-state index contributed by atoms with van der Waals surface area (Å²) in [6.45, 7) is 0. The van der Waals surface area contributed by atoms with Crippen LogP contribution in [-0.4, -0.2) is 16.9 Å². The van der Waals surface area contributed by atoms with Gasteiger partial charge in [0, 0.05) is 15.7 Å². The molecule has 0 unspecified atom stereocenters. The molecular formula is C13H15IN2O3. The predicted molar refractivity (Wildman–Crippen MR) is 80.2 cm³/mol. The maximum Gasteiger partial charge on any atom is 0.283 e. The molecule has 0 saturated heterocycles. The Balaban J connectivity index is 2.16. The molecule has 0 aliphatic heterocycles.